The van der Waals surface area contributed by atoms with Crippen molar-refractivity contribution in [1.29, 1.82) is 0 Å². The third kappa shape index (κ3) is 8.33. The minimum Gasteiger partial charge on any atom is -0.463 e. The molecule has 1 N–H and O–H groups in total. The standard InChI is InChI=1S/C34H35Cl2F3N4O5S/c1-6-47-30(45)18(2)12-23-24(35)14-21(15-25(23)36)28(44)41-31-40-27(19-8-7-9-22(13-19)34(37,38)39)29(49-31)42-16-20-10-11-43(26(20)17-42)32(46)48-33(3,4)5/h7-9,12-15,20,26H,6,10-11,16-17H2,1-5H3,(H,40,41,44)/b18-12+. The van der Waals surface area contributed by atoms with E-state index in [1.165, 1.54) is 30.3 Å². The number of esters is 1. The molecule has 3 aromatic rings. The fraction of sp³-hybridized carbons (Fsp3) is 0.412. The van der Waals surface area contributed by atoms with Gasteiger partial charge >= 0.3 is 18.2 Å². The summed E-state index contributed by atoms with van der Waals surface area (Å²) in [6.07, 6.45) is -2.77. The number of likely N-dealkylation sites (tertiary alicyclic amines) is 1. The van der Waals surface area contributed by atoms with Gasteiger partial charge in [0, 0.05) is 47.8 Å². The van der Waals surface area contributed by atoms with Crippen molar-refractivity contribution in [2.24, 2.45) is 5.92 Å². The first-order chi connectivity index (χ1) is 22.9. The van der Waals surface area contributed by atoms with Crippen LogP contribution in [0.1, 0.15) is 62.5 Å². The van der Waals surface area contributed by atoms with E-state index in [1.807, 2.05) is 4.90 Å². The Labute approximate surface area is 296 Å². The lowest BCUT2D eigenvalue weighted by atomic mass is 10.1. The van der Waals surface area contributed by atoms with Crippen molar-refractivity contribution < 1.29 is 37.0 Å². The third-order valence-electron chi connectivity index (χ3n) is 8.06. The van der Waals surface area contributed by atoms with Crippen LogP contribution in [0.15, 0.2) is 42.0 Å². The molecule has 0 radical (unpaired) electrons. The highest BCUT2D eigenvalue weighted by molar-refractivity contribution is 7.20. The van der Waals surface area contributed by atoms with E-state index in [0.717, 1.165) is 29.9 Å². The summed E-state index contributed by atoms with van der Waals surface area (Å²) >= 11 is 14.0. The number of anilines is 2. The average molecular weight is 740 g/mol. The van der Waals surface area contributed by atoms with Gasteiger partial charge in [-0.25, -0.2) is 14.6 Å². The average Bonchev–Trinajstić information content (AvgIpc) is 3.72. The highest BCUT2D eigenvalue weighted by Crippen LogP contribution is 2.44. The van der Waals surface area contributed by atoms with Crippen molar-refractivity contribution in [2.75, 3.05) is 36.5 Å². The number of hydrogen-bond donors (Lipinski definition) is 1. The third-order valence-corrected chi connectivity index (χ3v) is 9.71. The van der Waals surface area contributed by atoms with Crippen LogP contribution in [0.4, 0.5) is 28.1 Å². The van der Waals surface area contributed by atoms with Gasteiger partial charge < -0.3 is 19.3 Å². The molecule has 262 valence electrons. The first-order valence-electron chi connectivity index (χ1n) is 15.5. The molecule has 9 nitrogen and oxygen atoms in total. The van der Waals surface area contributed by atoms with E-state index in [1.54, 1.807) is 39.5 Å². The van der Waals surface area contributed by atoms with E-state index in [2.05, 4.69) is 10.3 Å². The zero-order valence-electron chi connectivity index (χ0n) is 27.4. The van der Waals surface area contributed by atoms with Crippen LogP contribution in [0, 0.1) is 5.92 Å². The molecule has 2 aromatic carbocycles. The van der Waals surface area contributed by atoms with Crippen LogP contribution in [-0.2, 0) is 20.4 Å². The molecule has 15 heteroatoms. The Morgan fingerprint density at radius 3 is 2.43 bits per heavy atom. The fourth-order valence-electron chi connectivity index (χ4n) is 5.83. The Hall–Kier alpha value is -3.81. The molecule has 2 unspecified atom stereocenters. The number of hydrogen-bond acceptors (Lipinski definition) is 8. The number of fused-ring (bicyclic) bond motifs is 1. The molecule has 0 saturated carbocycles. The molecule has 1 aromatic heterocycles. The van der Waals surface area contributed by atoms with E-state index in [0.29, 0.717) is 30.2 Å². The Kier molecular flexibility index (Phi) is 10.6. The maximum atomic E-state index is 13.7. The Morgan fingerprint density at radius 2 is 1.80 bits per heavy atom. The normalized spacial score (nSPS) is 18.0. The van der Waals surface area contributed by atoms with E-state index < -0.39 is 35.3 Å². The molecule has 0 spiro atoms. The number of benzene rings is 2. The fourth-order valence-corrected chi connectivity index (χ4v) is 7.43. The van der Waals surface area contributed by atoms with Gasteiger partial charge in [0.2, 0.25) is 0 Å². The zero-order valence-corrected chi connectivity index (χ0v) is 29.7. The first kappa shape index (κ1) is 36.5. The molecule has 0 bridgehead atoms. The molecule has 49 heavy (non-hydrogen) atoms. The Balaban J connectivity index is 1.45. The van der Waals surface area contributed by atoms with Crippen molar-refractivity contribution in [3.8, 4) is 11.3 Å². The second-order valence-electron chi connectivity index (χ2n) is 12.8. The summed E-state index contributed by atoms with van der Waals surface area (Å²) in [6, 6.07) is 7.48. The van der Waals surface area contributed by atoms with Gasteiger partial charge in [-0.2, -0.15) is 13.2 Å². The Morgan fingerprint density at radius 1 is 1.10 bits per heavy atom. The van der Waals surface area contributed by atoms with Crippen LogP contribution < -0.4 is 10.2 Å². The molecular formula is C34H35Cl2F3N4O5S. The van der Waals surface area contributed by atoms with Crippen molar-refractivity contribution in [3.05, 3.63) is 68.7 Å². The summed E-state index contributed by atoms with van der Waals surface area (Å²) in [4.78, 5) is 46.8. The highest BCUT2D eigenvalue weighted by atomic mass is 35.5. The number of halogens is 5. The van der Waals surface area contributed by atoms with E-state index in [9.17, 15) is 27.6 Å². The second kappa shape index (κ2) is 14.2. The van der Waals surface area contributed by atoms with Gasteiger partial charge in [0.1, 0.15) is 16.3 Å². The van der Waals surface area contributed by atoms with Gasteiger partial charge in [0.15, 0.2) is 5.13 Å². The van der Waals surface area contributed by atoms with Crippen LogP contribution in [-0.4, -0.2) is 65.7 Å². The molecule has 0 aliphatic carbocycles. The molecule has 2 aliphatic rings. The number of nitrogens with one attached hydrogen (secondary N) is 1. The molecule has 2 aliphatic heterocycles. The number of carbonyl (C=O) groups excluding carboxylic acids is 3. The number of aromatic nitrogens is 1. The number of ether oxygens (including phenoxy) is 2. The van der Waals surface area contributed by atoms with Crippen LogP contribution in [0.2, 0.25) is 10.0 Å². The molecular weight excluding hydrogens is 704 g/mol. The lowest BCUT2D eigenvalue weighted by Crippen LogP contribution is -2.42. The van der Waals surface area contributed by atoms with E-state index in [-0.39, 0.29) is 56.1 Å². The minimum atomic E-state index is -4.57. The summed E-state index contributed by atoms with van der Waals surface area (Å²) in [5.74, 6) is -1.02. The van der Waals surface area contributed by atoms with Gasteiger partial charge in [0.25, 0.3) is 5.91 Å². The molecule has 2 amide bonds. The lowest BCUT2D eigenvalue weighted by molar-refractivity contribution is -0.138. The van der Waals surface area contributed by atoms with Gasteiger partial charge in [-0.15, -0.1) is 0 Å². The van der Waals surface area contributed by atoms with Gasteiger partial charge in [-0.1, -0.05) is 46.7 Å². The van der Waals surface area contributed by atoms with E-state index in [4.69, 9.17) is 32.7 Å². The summed E-state index contributed by atoms with van der Waals surface area (Å²) in [5, 5.41) is 3.66. The van der Waals surface area contributed by atoms with Gasteiger partial charge in [-0.05, 0) is 71.4 Å². The SMILES string of the molecule is CCOC(=O)/C(C)=C/c1c(Cl)cc(C(=O)Nc2nc(-c3cccc(C(F)(F)F)c3)c(N3CC4CCN(C(=O)OC(C)(C)C)C4C3)s2)cc1Cl. The molecule has 5 rings (SSSR count). The molecule has 3 heterocycles. The van der Waals surface area contributed by atoms with Crippen molar-refractivity contribution >= 4 is 68.7 Å². The number of rotatable bonds is 7. The van der Waals surface area contributed by atoms with Crippen LogP contribution in [0.3, 0.4) is 0 Å². The number of alkyl halides is 3. The summed E-state index contributed by atoms with van der Waals surface area (Å²) < 4.78 is 51.7. The van der Waals surface area contributed by atoms with Crippen LogP contribution in [0.25, 0.3) is 17.3 Å². The topological polar surface area (TPSA) is 101 Å². The summed E-state index contributed by atoms with van der Waals surface area (Å²) in [5.41, 5.74) is -0.318. The summed E-state index contributed by atoms with van der Waals surface area (Å²) in [7, 11) is 0. The molecule has 2 atom stereocenters. The number of amides is 2. The largest absolute Gasteiger partial charge is 0.463 e. The minimum absolute atomic E-state index is 0.0991. The first-order valence-corrected chi connectivity index (χ1v) is 17.1. The maximum absolute atomic E-state index is 13.7. The zero-order chi connectivity index (χ0) is 35.8. The van der Waals surface area contributed by atoms with Crippen molar-refractivity contribution in [1.82, 2.24) is 9.88 Å². The quantitative estimate of drug-likeness (QED) is 0.191. The van der Waals surface area contributed by atoms with Crippen LogP contribution in [0.5, 0.6) is 0 Å². The maximum Gasteiger partial charge on any atom is 0.416 e. The van der Waals surface area contributed by atoms with E-state index >= 15 is 0 Å². The number of thiazole rings is 1. The summed E-state index contributed by atoms with van der Waals surface area (Å²) in [6.45, 7) is 10.3. The smallest absolute Gasteiger partial charge is 0.416 e. The second-order valence-corrected chi connectivity index (χ2v) is 14.6. The van der Waals surface area contributed by atoms with Crippen molar-refractivity contribution in [2.45, 2.75) is 58.9 Å². The van der Waals surface area contributed by atoms with Crippen LogP contribution >= 0.6 is 34.5 Å². The predicted molar refractivity (Wildman–Crippen MR) is 184 cm³/mol. The lowest BCUT2D eigenvalue weighted by Gasteiger charge is -2.28. The number of carbonyl (C=O) groups is 3. The monoisotopic (exact) mass is 738 g/mol. The van der Waals surface area contributed by atoms with Gasteiger partial charge in [-0.3, -0.25) is 10.1 Å². The molecule has 2 fully saturated rings. The van der Waals surface area contributed by atoms with Gasteiger partial charge in [0.05, 0.1) is 28.3 Å². The van der Waals surface area contributed by atoms with Crippen molar-refractivity contribution in [3.63, 3.8) is 0 Å². The Bertz CT molecular complexity index is 1780. The number of nitrogens with zero attached hydrogens (tertiary/aromatic N) is 3. The highest BCUT2D eigenvalue weighted by Gasteiger charge is 2.45. The predicted octanol–water partition coefficient (Wildman–Crippen LogP) is 8.80. The molecule has 2 saturated heterocycles.